The van der Waals surface area contributed by atoms with Gasteiger partial charge in [0.15, 0.2) is 5.17 Å². The second-order valence-electron chi connectivity index (χ2n) is 5.07. The van der Waals surface area contributed by atoms with Gasteiger partial charge in [0.2, 0.25) is 11.8 Å². The van der Waals surface area contributed by atoms with E-state index >= 15 is 0 Å². The smallest absolute Gasteiger partial charge is 0.242 e. The Kier molecular flexibility index (Phi) is 4.33. The molecule has 1 aromatic carbocycles. The Balaban J connectivity index is 1.64. The number of anilines is 1. The number of methoxy groups -OCH3 is 1. The Morgan fingerprint density at radius 3 is 3.09 bits per heavy atom. The molecule has 2 heterocycles. The molecule has 22 heavy (non-hydrogen) atoms. The third-order valence-electron chi connectivity index (χ3n) is 3.56. The molecule has 1 N–H and O–H groups in total. The highest BCUT2D eigenvalue weighted by molar-refractivity contribution is 8.15. The van der Waals surface area contributed by atoms with Gasteiger partial charge in [-0.3, -0.25) is 19.5 Å². The average Bonchev–Trinajstić information content (AvgIpc) is 2.84. The van der Waals surface area contributed by atoms with Crippen molar-refractivity contribution in [2.75, 3.05) is 25.5 Å². The van der Waals surface area contributed by atoms with E-state index < -0.39 is 0 Å². The summed E-state index contributed by atoms with van der Waals surface area (Å²) in [5.74, 6) is 0.387. The molecule has 6 nitrogen and oxygen atoms in total. The predicted molar refractivity (Wildman–Crippen MR) is 86.3 cm³/mol. The second-order valence-corrected chi connectivity index (χ2v) is 6.24. The average molecular weight is 319 g/mol. The van der Waals surface area contributed by atoms with Crippen molar-refractivity contribution < 1.29 is 14.3 Å². The fraction of sp³-hybridized carbons (Fsp3) is 0.400. The molecular weight excluding hydrogens is 302 g/mol. The number of carbonyl (C=O) groups is 2. The first-order valence-corrected chi connectivity index (χ1v) is 8.02. The number of aliphatic imine (C=N–C) groups is 1. The summed E-state index contributed by atoms with van der Waals surface area (Å²) < 4.78 is 5.20. The van der Waals surface area contributed by atoms with Crippen molar-refractivity contribution in [3.8, 4) is 5.75 Å². The lowest BCUT2D eigenvalue weighted by Crippen LogP contribution is -2.36. The van der Waals surface area contributed by atoms with Gasteiger partial charge in [0.1, 0.15) is 11.0 Å². The molecule has 1 unspecified atom stereocenters. The number of para-hydroxylation sites is 2. The van der Waals surface area contributed by atoms with Gasteiger partial charge in [0.05, 0.1) is 12.8 Å². The molecule has 0 spiro atoms. The molecule has 116 valence electrons. The van der Waals surface area contributed by atoms with Crippen molar-refractivity contribution in [3.05, 3.63) is 24.3 Å². The number of nitrogens with one attached hydrogen (secondary N) is 1. The van der Waals surface area contributed by atoms with Gasteiger partial charge in [-0.2, -0.15) is 0 Å². The first kappa shape index (κ1) is 14.9. The summed E-state index contributed by atoms with van der Waals surface area (Å²) in [6.45, 7) is 1.46. The van der Waals surface area contributed by atoms with Crippen LogP contribution in [0.5, 0.6) is 5.75 Å². The molecule has 1 fully saturated rings. The SMILES string of the molecule is COc1ccccc1NC(=O)CC1SC2=NCCCN2C1=O. The van der Waals surface area contributed by atoms with Gasteiger partial charge in [-0.1, -0.05) is 23.9 Å². The summed E-state index contributed by atoms with van der Waals surface area (Å²) in [5.41, 5.74) is 0.612. The van der Waals surface area contributed by atoms with Crippen LogP contribution in [0.3, 0.4) is 0 Å². The van der Waals surface area contributed by atoms with Gasteiger partial charge < -0.3 is 10.1 Å². The van der Waals surface area contributed by atoms with Crippen LogP contribution in [0.4, 0.5) is 5.69 Å². The molecule has 3 rings (SSSR count). The molecule has 2 aliphatic heterocycles. The molecule has 7 heteroatoms. The summed E-state index contributed by atoms with van der Waals surface area (Å²) >= 11 is 1.39. The fourth-order valence-corrected chi connectivity index (χ4v) is 3.68. The first-order chi connectivity index (χ1) is 10.7. The largest absolute Gasteiger partial charge is 0.495 e. The van der Waals surface area contributed by atoms with Crippen LogP contribution in [0.1, 0.15) is 12.8 Å². The molecule has 2 aliphatic rings. The topological polar surface area (TPSA) is 71.0 Å². The number of rotatable bonds is 4. The van der Waals surface area contributed by atoms with Crippen LogP contribution in [0.25, 0.3) is 0 Å². The van der Waals surface area contributed by atoms with E-state index in [1.807, 2.05) is 12.1 Å². The number of hydrogen-bond donors (Lipinski definition) is 1. The van der Waals surface area contributed by atoms with Crippen molar-refractivity contribution >= 4 is 34.4 Å². The van der Waals surface area contributed by atoms with Crippen LogP contribution in [0.15, 0.2) is 29.3 Å². The highest BCUT2D eigenvalue weighted by atomic mass is 32.2. The normalized spacial score (nSPS) is 20.4. The number of nitrogens with zero attached hydrogens (tertiary/aromatic N) is 2. The summed E-state index contributed by atoms with van der Waals surface area (Å²) in [4.78, 5) is 30.5. The minimum Gasteiger partial charge on any atom is -0.495 e. The standard InChI is InChI=1S/C15H17N3O3S/c1-21-11-6-3-2-5-10(11)17-13(19)9-12-14(20)18-8-4-7-16-15(18)22-12/h2-3,5-6,12H,4,7-9H2,1H3,(H,17,19). The van der Waals surface area contributed by atoms with Crippen LogP contribution >= 0.6 is 11.8 Å². The van der Waals surface area contributed by atoms with Crippen LogP contribution in [-0.4, -0.2) is 47.3 Å². The molecule has 2 amide bonds. The van der Waals surface area contributed by atoms with Gasteiger partial charge in [0, 0.05) is 19.5 Å². The van der Waals surface area contributed by atoms with Crippen molar-refractivity contribution in [3.63, 3.8) is 0 Å². The summed E-state index contributed by atoms with van der Waals surface area (Å²) in [6.07, 6.45) is 1.02. The quantitative estimate of drug-likeness (QED) is 0.917. The number of ether oxygens (including phenoxy) is 1. The van der Waals surface area contributed by atoms with E-state index in [4.69, 9.17) is 4.74 Å². The van der Waals surface area contributed by atoms with Crippen LogP contribution in [-0.2, 0) is 9.59 Å². The van der Waals surface area contributed by atoms with E-state index in [2.05, 4.69) is 10.3 Å². The Labute approximate surface area is 132 Å². The lowest BCUT2D eigenvalue weighted by molar-refractivity contribution is -0.128. The third kappa shape index (κ3) is 2.94. The number of amidine groups is 1. The lowest BCUT2D eigenvalue weighted by Gasteiger charge is -2.19. The van der Waals surface area contributed by atoms with Crippen LogP contribution in [0.2, 0.25) is 0 Å². The fourth-order valence-electron chi connectivity index (χ4n) is 2.49. The number of hydrogen-bond acceptors (Lipinski definition) is 5. The maximum Gasteiger partial charge on any atom is 0.242 e. The maximum absolute atomic E-state index is 12.3. The van der Waals surface area contributed by atoms with E-state index in [-0.39, 0.29) is 23.5 Å². The minimum absolute atomic E-state index is 0.0152. The summed E-state index contributed by atoms with van der Waals surface area (Å²) in [7, 11) is 1.55. The third-order valence-corrected chi connectivity index (χ3v) is 4.77. The Morgan fingerprint density at radius 2 is 2.32 bits per heavy atom. The summed E-state index contributed by atoms with van der Waals surface area (Å²) in [5, 5.41) is 3.18. The Hall–Kier alpha value is -2.02. The zero-order chi connectivity index (χ0) is 15.5. The van der Waals surface area contributed by atoms with E-state index in [0.717, 1.165) is 18.1 Å². The zero-order valence-corrected chi connectivity index (χ0v) is 13.1. The van der Waals surface area contributed by atoms with Crippen molar-refractivity contribution in [1.29, 1.82) is 0 Å². The predicted octanol–water partition coefficient (Wildman–Crippen LogP) is 1.73. The molecule has 0 aromatic heterocycles. The van der Waals surface area contributed by atoms with Crippen molar-refractivity contribution in [2.24, 2.45) is 4.99 Å². The maximum atomic E-state index is 12.3. The lowest BCUT2D eigenvalue weighted by atomic mass is 10.2. The van der Waals surface area contributed by atoms with Gasteiger partial charge in [-0.15, -0.1) is 0 Å². The van der Waals surface area contributed by atoms with E-state index in [9.17, 15) is 9.59 Å². The molecule has 1 saturated heterocycles. The molecule has 1 atom stereocenters. The summed E-state index contributed by atoms with van der Waals surface area (Å²) in [6, 6.07) is 7.21. The molecule has 0 saturated carbocycles. The number of fused-ring (bicyclic) bond motifs is 1. The molecule has 0 aliphatic carbocycles. The number of carbonyl (C=O) groups excluding carboxylic acids is 2. The number of benzene rings is 1. The Bertz CT molecular complexity index is 632. The van der Waals surface area contributed by atoms with Gasteiger partial charge in [-0.25, -0.2) is 0 Å². The van der Waals surface area contributed by atoms with Gasteiger partial charge in [-0.05, 0) is 18.6 Å². The van der Waals surface area contributed by atoms with Crippen LogP contribution < -0.4 is 10.1 Å². The van der Waals surface area contributed by atoms with Crippen molar-refractivity contribution in [2.45, 2.75) is 18.1 Å². The van der Waals surface area contributed by atoms with Crippen molar-refractivity contribution in [1.82, 2.24) is 4.90 Å². The highest BCUT2D eigenvalue weighted by Crippen LogP contribution is 2.32. The molecule has 0 bridgehead atoms. The van der Waals surface area contributed by atoms with E-state index in [1.54, 1.807) is 24.1 Å². The Morgan fingerprint density at radius 1 is 1.50 bits per heavy atom. The van der Waals surface area contributed by atoms with E-state index in [1.165, 1.54) is 11.8 Å². The van der Waals surface area contributed by atoms with Crippen LogP contribution in [0, 0.1) is 0 Å². The molecule has 0 radical (unpaired) electrons. The first-order valence-electron chi connectivity index (χ1n) is 7.14. The highest BCUT2D eigenvalue weighted by Gasteiger charge is 2.39. The monoisotopic (exact) mass is 319 g/mol. The molecule has 1 aromatic rings. The van der Waals surface area contributed by atoms with Gasteiger partial charge in [0.25, 0.3) is 0 Å². The van der Waals surface area contributed by atoms with Gasteiger partial charge >= 0.3 is 0 Å². The molecular formula is C15H17N3O3S. The second kappa shape index (κ2) is 6.39. The zero-order valence-electron chi connectivity index (χ0n) is 12.2. The number of thioether (sulfide) groups is 1. The van der Waals surface area contributed by atoms with E-state index in [0.29, 0.717) is 18.0 Å². The number of amides is 2. The minimum atomic E-state index is -0.383.